The van der Waals surface area contributed by atoms with E-state index in [4.69, 9.17) is 0 Å². The van der Waals surface area contributed by atoms with E-state index in [1.165, 1.54) is 0 Å². The van der Waals surface area contributed by atoms with Crippen LogP contribution in [-0.4, -0.2) is 16.3 Å². The number of carbonyl (C=O) groups excluding carboxylic acids is 1. The van der Waals surface area contributed by atoms with Crippen LogP contribution in [-0.2, 0) is 6.54 Å². The number of para-hydroxylation sites is 1. The van der Waals surface area contributed by atoms with Gasteiger partial charge in [-0.05, 0) is 23.8 Å². The van der Waals surface area contributed by atoms with Crippen molar-refractivity contribution in [2.75, 3.05) is 5.32 Å². The summed E-state index contributed by atoms with van der Waals surface area (Å²) in [6.07, 6.45) is 4.39. The van der Waals surface area contributed by atoms with Crippen LogP contribution < -0.4 is 5.32 Å². The van der Waals surface area contributed by atoms with Crippen LogP contribution in [0.3, 0.4) is 0 Å². The Hall–Kier alpha value is -2.62. The number of hydrogen-bond donors (Lipinski definition) is 2. The first-order valence-corrected chi connectivity index (χ1v) is 6.07. The molecule has 0 unspecified atom stereocenters. The fourth-order valence-corrected chi connectivity index (χ4v) is 2.12. The number of anilines is 1. The minimum absolute atomic E-state index is 0.649. The lowest BCUT2D eigenvalue weighted by Gasteiger charge is -2.04. The van der Waals surface area contributed by atoms with E-state index in [-0.39, 0.29) is 0 Å². The summed E-state index contributed by atoms with van der Waals surface area (Å²) in [7, 11) is 0. The number of benzene rings is 1. The smallest absolute Gasteiger partial charge is 0.154 e. The Morgan fingerprint density at radius 1 is 1.16 bits per heavy atom. The van der Waals surface area contributed by atoms with Crippen LogP contribution in [0.4, 0.5) is 5.82 Å². The zero-order valence-corrected chi connectivity index (χ0v) is 10.3. The number of fused-ring (bicyclic) bond motifs is 1. The van der Waals surface area contributed by atoms with Gasteiger partial charge in [0.2, 0.25) is 0 Å². The number of aldehydes is 1. The maximum Gasteiger partial charge on any atom is 0.154 e. The number of aromatic nitrogens is 2. The Morgan fingerprint density at radius 2 is 1.95 bits per heavy atom. The van der Waals surface area contributed by atoms with Crippen molar-refractivity contribution in [3.63, 3.8) is 0 Å². The number of nitrogens with one attached hydrogen (secondary N) is 2. The second kappa shape index (κ2) is 4.94. The van der Waals surface area contributed by atoms with Gasteiger partial charge < -0.3 is 10.3 Å². The Bertz CT molecular complexity index is 704. The lowest BCUT2D eigenvalue weighted by Crippen LogP contribution is -2.01. The van der Waals surface area contributed by atoms with Crippen molar-refractivity contribution in [2.24, 2.45) is 0 Å². The van der Waals surface area contributed by atoms with Crippen LogP contribution in [0, 0.1) is 0 Å². The molecule has 0 saturated heterocycles. The summed E-state index contributed by atoms with van der Waals surface area (Å²) in [5.41, 5.74) is 2.75. The second-order valence-corrected chi connectivity index (χ2v) is 4.29. The molecule has 2 N–H and O–H groups in total. The zero-order valence-electron chi connectivity index (χ0n) is 10.3. The molecule has 19 heavy (non-hydrogen) atoms. The van der Waals surface area contributed by atoms with Crippen LogP contribution in [0.5, 0.6) is 0 Å². The number of hydrogen-bond acceptors (Lipinski definition) is 3. The standard InChI is InChI=1S/C15H13N3O/c19-10-13-12-3-1-2-4-14(12)18-15(13)17-9-11-5-7-16-8-6-11/h1-8,10,17-18H,9H2. The summed E-state index contributed by atoms with van der Waals surface area (Å²) in [6, 6.07) is 11.6. The Kier molecular flexibility index (Phi) is 2.98. The highest BCUT2D eigenvalue weighted by Crippen LogP contribution is 2.24. The first-order chi connectivity index (χ1) is 9.38. The van der Waals surface area contributed by atoms with Gasteiger partial charge in [0.25, 0.3) is 0 Å². The number of carbonyl (C=O) groups is 1. The molecule has 0 radical (unpaired) electrons. The van der Waals surface area contributed by atoms with E-state index in [1.807, 2.05) is 36.4 Å². The lowest BCUT2D eigenvalue weighted by atomic mass is 10.2. The number of pyridine rings is 1. The van der Waals surface area contributed by atoms with Gasteiger partial charge in [-0.2, -0.15) is 0 Å². The highest BCUT2D eigenvalue weighted by molar-refractivity contribution is 6.03. The molecule has 94 valence electrons. The van der Waals surface area contributed by atoms with Crippen molar-refractivity contribution in [3.8, 4) is 0 Å². The van der Waals surface area contributed by atoms with Crippen LogP contribution >= 0.6 is 0 Å². The molecule has 0 aliphatic heterocycles. The van der Waals surface area contributed by atoms with Crippen molar-refractivity contribution in [1.82, 2.24) is 9.97 Å². The molecule has 0 spiro atoms. The average Bonchev–Trinajstić information content (AvgIpc) is 2.83. The number of H-pyrrole nitrogens is 1. The molecule has 0 atom stereocenters. The fourth-order valence-electron chi connectivity index (χ4n) is 2.12. The molecule has 4 nitrogen and oxygen atoms in total. The number of nitrogens with zero attached hydrogens (tertiary/aromatic N) is 1. The summed E-state index contributed by atoms with van der Waals surface area (Å²) in [5.74, 6) is 0.757. The molecule has 1 aromatic carbocycles. The van der Waals surface area contributed by atoms with Crippen LogP contribution in [0.25, 0.3) is 10.9 Å². The van der Waals surface area contributed by atoms with E-state index >= 15 is 0 Å². The Morgan fingerprint density at radius 3 is 2.74 bits per heavy atom. The predicted molar refractivity (Wildman–Crippen MR) is 75.2 cm³/mol. The molecule has 0 aliphatic rings. The van der Waals surface area contributed by atoms with Gasteiger partial charge in [-0.1, -0.05) is 18.2 Å². The maximum atomic E-state index is 11.2. The van der Waals surface area contributed by atoms with Gasteiger partial charge >= 0.3 is 0 Å². The summed E-state index contributed by atoms with van der Waals surface area (Å²) in [4.78, 5) is 18.4. The van der Waals surface area contributed by atoms with Crippen LogP contribution in [0.15, 0.2) is 48.8 Å². The zero-order chi connectivity index (χ0) is 13.1. The third-order valence-corrected chi connectivity index (χ3v) is 3.08. The van der Waals surface area contributed by atoms with E-state index in [0.29, 0.717) is 12.1 Å². The molecular formula is C15H13N3O. The monoisotopic (exact) mass is 251 g/mol. The minimum atomic E-state index is 0.649. The maximum absolute atomic E-state index is 11.2. The first kappa shape index (κ1) is 11.5. The summed E-state index contributed by atoms with van der Waals surface area (Å²) in [5, 5.41) is 4.19. The van der Waals surface area contributed by atoms with Crippen molar-refractivity contribution < 1.29 is 4.79 Å². The fraction of sp³-hybridized carbons (Fsp3) is 0.0667. The third-order valence-electron chi connectivity index (χ3n) is 3.08. The molecule has 2 aromatic heterocycles. The highest BCUT2D eigenvalue weighted by atomic mass is 16.1. The van der Waals surface area contributed by atoms with E-state index < -0.39 is 0 Å². The van der Waals surface area contributed by atoms with E-state index in [2.05, 4.69) is 15.3 Å². The molecule has 4 heteroatoms. The van der Waals surface area contributed by atoms with Crippen LogP contribution in [0.1, 0.15) is 15.9 Å². The van der Waals surface area contributed by atoms with E-state index in [0.717, 1.165) is 28.6 Å². The summed E-state index contributed by atoms with van der Waals surface area (Å²) in [6.45, 7) is 0.649. The molecule has 2 heterocycles. The number of aromatic amines is 1. The van der Waals surface area contributed by atoms with Crippen molar-refractivity contribution >= 4 is 23.0 Å². The van der Waals surface area contributed by atoms with Crippen molar-refractivity contribution in [1.29, 1.82) is 0 Å². The van der Waals surface area contributed by atoms with Gasteiger partial charge in [0.1, 0.15) is 5.82 Å². The van der Waals surface area contributed by atoms with Gasteiger partial charge in [0, 0.05) is 29.8 Å². The normalized spacial score (nSPS) is 10.5. The Balaban J connectivity index is 1.90. The SMILES string of the molecule is O=Cc1c(NCc2ccncc2)[nH]c2ccccc12. The summed E-state index contributed by atoms with van der Waals surface area (Å²) >= 11 is 0. The number of rotatable bonds is 4. The van der Waals surface area contributed by atoms with E-state index in [1.54, 1.807) is 12.4 Å². The second-order valence-electron chi connectivity index (χ2n) is 4.29. The molecule has 0 aliphatic carbocycles. The largest absolute Gasteiger partial charge is 0.367 e. The molecule has 0 amide bonds. The Labute approximate surface area is 110 Å². The summed E-state index contributed by atoms with van der Waals surface area (Å²) < 4.78 is 0. The average molecular weight is 251 g/mol. The molecule has 3 aromatic rings. The third kappa shape index (κ3) is 2.20. The molecule has 3 rings (SSSR count). The van der Waals surface area contributed by atoms with Crippen molar-refractivity contribution in [3.05, 3.63) is 59.9 Å². The van der Waals surface area contributed by atoms with Crippen molar-refractivity contribution in [2.45, 2.75) is 6.54 Å². The minimum Gasteiger partial charge on any atom is -0.367 e. The molecule has 0 saturated carbocycles. The topological polar surface area (TPSA) is 57.8 Å². The van der Waals surface area contributed by atoms with Gasteiger partial charge in [-0.15, -0.1) is 0 Å². The van der Waals surface area contributed by atoms with Gasteiger partial charge in [-0.3, -0.25) is 9.78 Å². The van der Waals surface area contributed by atoms with Gasteiger partial charge in [-0.25, -0.2) is 0 Å². The van der Waals surface area contributed by atoms with Crippen LogP contribution in [0.2, 0.25) is 0 Å². The molecule has 0 fully saturated rings. The van der Waals surface area contributed by atoms with E-state index in [9.17, 15) is 4.79 Å². The van der Waals surface area contributed by atoms with Gasteiger partial charge in [0.05, 0.1) is 5.56 Å². The predicted octanol–water partition coefficient (Wildman–Crippen LogP) is 2.99. The lowest BCUT2D eigenvalue weighted by molar-refractivity contribution is 0.112. The quantitative estimate of drug-likeness (QED) is 0.701. The van der Waals surface area contributed by atoms with Gasteiger partial charge in [0.15, 0.2) is 6.29 Å². The first-order valence-electron chi connectivity index (χ1n) is 6.07. The molecule has 0 bridgehead atoms. The highest BCUT2D eigenvalue weighted by Gasteiger charge is 2.09. The molecular weight excluding hydrogens is 238 g/mol.